The Labute approximate surface area is 146 Å². The van der Waals surface area contributed by atoms with E-state index in [4.69, 9.17) is 4.42 Å². The lowest BCUT2D eigenvalue weighted by Gasteiger charge is -2.14. The SMILES string of the molecule is Cc1ccc(-c2ocnc2C(=O)N[C@H](C)Cn2nc(C)cc2C)cc1. The van der Waals surface area contributed by atoms with Gasteiger partial charge in [0.2, 0.25) is 0 Å². The summed E-state index contributed by atoms with van der Waals surface area (Å²) < 4.78 is 7.34. The van der Waals surface area contributed by atoms with Crippen LogP contribution in [0.4, 0.5) is 0 Å². The third-order valence-electron chi connectivity index (χ3n) is 4.02. The van der Waals surface area contributed by atoms with Gasteiger partial charge in [-0.2, -0.15) is 5.10 Å². The molecule has 6 nitrogen and oxygen atoms in total. The highest BCUT2D eigenvalue weighted by Crippen LogP contribution is 2.23. The molecule has 1 atom stereocenters. The van der Waals surface area contributed by atoms with E-state index < -0.39 is 0 Å². The van der Waals surface area contributed by atoms with E-state index in [0.29, 0.717) is 18.0 Å². The van der Waals surface area contributed by atoms with Gasteiger partial charge in [-0.25, -0.2) is 4.98 Å². The molecule has 0 bridgehead atoms. The molecule has 6 heteroatoms. The number of aryl methyl sites for hydroxylation is 3. The fourth-order valence-corrected chi connectivity index (χ4v) is 2.77. The van der Waals surface area contributed by atoms with Crippen LogP contribution >= 0.6 is 0 Å². The maximum atomic E-state index is 12.6. The predicted octanol–water partition coefficient (Wildman–Crippen LogP) is 3.28. The molecule has 3 rings (SSSR count). The van der Waals surface area contributed by atoms with E-state index in [9.17, 15) is 4.79 Å². The summed E-state index contributed by atoms with van der Waals surface area (Å²) in [6.45, 7) is 8.51. The second kappa shape index (κ2) is 6.93. The summed E-state index contributed by atoms with van der Waals surface area (Å²) in [6, 6.07) is 9.73. The molecule has 3 aromatic rings. The zero-order chi connectivity index (χ0) is 18.0. The molecule has 1 N–H and O–H groups in total. The Bertz CT molecular complexity index is 877. The van der Waals surface area contributed by atoms with Gasteiger partial charge >= 0.3 is 0 Å². The summed E-state index contributed by atoms with van der Waals surface area (Å²) in [5, 5.41) is 7.39. The van der Waals surface area contributed by atoms with Gasteiger partial charge in [-0.1, -0.05) is 29.8 Å². The largest absolute Gasteiger partial charge is 0.443 e. The Kier molecular flexibility index (Phi) is 4.70. The Morgan fingerprint density at radius 1 is 1.24 bits per heavy atom. The highest BCUT2D eigenvalue weighted by atomic mass is 16.3. The van der Waals surface area contributed by atoms with Crippen molar-refractivity contribution >= 4 is 5.91 Å². The van der Waals surface area contributed by atoms with Crippen molar-refractivity contribution in [2.45, 2.75) is 40.3 Å². The van der Waals surface area contributed by atoms with E-state index in [1.54, 1.807) is 0 Å². The van der Waals surface area contributed by atoms with Crippen molar-refractivity contribution in [1.82, 2.24) is 20.1 Å². The van der Waals surface area contributed by atoms with Crippen molar-refractivity contribution in [3.8, 4) is 11.3 Å². The van der Waals surface area contributed by atoms with Crippen LogP contribution in [0.25, 0.3) is 11.3 Å². The Morgan fingerprint density at radius 2 is 1.96 bits per heavy atom. The van der Waals surface area contributed by atoms with Crippen LogP contribution in [0.5, 0.6) is 0 Å². The summed E-state index contributed by atoms with van der Waals surface area (Å²) in [6.07, 6.45) is 1.30. The Morgan fingerprint density at radius 3 is 2.60 bits per heavy atom. The highest BCUT2D eigenvalue weighted by Gasteiger charge is 2.20. The van der Waals surface area contributed by atoms with Crippen LogP contribution < -0.4 is 5.32 Å². The van der Waals surface area contributed by atoms with Gasteiger partial charge in [0.05, 0.1) is 12.2 Å². The third-order valence-corrected chi connectivity index (χ3v) is 4.02. The van der Waals surface area contributed by atoms with Crippen molar-refractivity contribution < 1.29 is 9.21 Å². The fraction of sp³-hybridized carbons (Fsp3) is 0.316. The lowest BCUT2D eigenvalue weighted by Crippen LogP contribution is -2.36. The number of carbonyl (C=O) groups is 1. The van der Waals surface area contributed by atoms with Gasteiger partial charge in [0.15, 0.2) is 17.8 Å². The van der Waals surface area contributed by atoms with Crippen LogP contribution in [0.15, 0.2) is 41.1 Å². The van der Waals surface area contributed by atoms with Gasteiger partial charge in [0.1, 0.15) is 0 Å². The topological polar surface area (TPSA) is 73.0 Å². The molecule has 0 spiro atoms. The zero-order valence-corrected chi connectivity index (χ0v) is 14.9. The standard InChI is InChI=1S/C19H22N4O2/c1-12-5-7-16(8-6-12)18-17(20-11-25-18)19(24)21-14(3)10-23-15(4)9-13(2)22-23/h5-9,11,14H,10H2,1-4H3,(H,21,24)/t14-/m1/s1. The third kappa shape index (κ3) is 3.79. The molecule has 130 valence electrons. The lowest BCUT2D eigenvalue weighted by molar-refractivity contribution is 0.0931. The Hall–Kier alpha value is -2.89. The number of oxazole rings is 1. The summed E-state index contributed by atoms with van der Waals surface area (Å²) in [4.78, 5) is 16.7. The molecule has 2 heterocycles. The molecule has 25 heavy (non-hydrogen) atoms. The number of amides is 1. The number of carbonyl (C=O) groups excluding carboxylic acids is 1. The molecular formula is C19H22N4O2. The molecule has 2 aromatic heterocycles. The quantitative estimate of drug-likeness (QED) is 0.775. The molecule has 0 saturated heterocycles. The van der Waals surface area contributed by atoms with E-state index in [1.165, 1.54) is 6.39 Å². The van der Waals surface area contributed by atoms with Crippen LogP contribution in [0.3, 0.4) is 0 Å². The molecular weight excluding hydrogens is 316 g/mol. The van der Waals surface area contributed by atoms with E-state index >= 15 is 0 Å². The first-order valence-corrected chi connectivity index (χ1v) is 8.26. The molecule has 0 radical (unpaired) electrons. The monoisotopic (exact) mass is 338 g/mol. The number of nitrogens with one attached hydrogen (secondary N) is 1. The first kappa shape index (κ1) is 17.0. The first-order valence-electron chi connectivity index (χ1n) is 8.26. The fourth-order valence-electron chi connectivity index (χ4n) is 2.77. The number of hydrogen-bond donors (Lipinski definition) is 1. The summed E-state index contributed by atoms with van der Waals surface area (Å²) in [5.41, 5.74) is 4.31. The minimum atomic E-state index is -0.252. The van der Waals surface area contributed by atoms with Crippen LogP contribution in [-0.4, -0.2) is 26.7 Å². The zero-order valence-electron chi connectivity index (χ0n) is 14.9. The van der Waals surface area contributed by atoms with E-state index in [-0.39, 0.29) is 11.9 Å². The Balaban J connectivity index is 1.72. The lowest BCUT2D eigenvalue weighted by atomic mass is 10.1. The second-order valence-electron chi connectivity index (χ2n) is 6.38. The van der Waals surface area contributed by atoms with Gasteiger partial charge in [-0.15, -0.1) is 0 Å². The number of nitrogens with zero attached hydrogens (tertiary/aromatic N) is 3. The molecule has 0 fully saturated rings. The van der Waals surface area contributed by atoms with Gasteiger partial charge in [0, 0.05) is 17.3 Å². The van der Waals surface area contributed by atoms with Gasteiger partial charge < -0.3 is 9.73 Å². The van der Waals surface area contributed by atoms with Crippen molar-refractivity contribution in [3.63, 3.8) is 0 Å². The summed E-state index contributed by atoms with van der Waals surface area (Å²) in [5.74, 6) is 0.231. The van der Waals surface area contributed by atoms with Gasteiger partial charge in [-0.05, 0) is 33.8 Å². The normalized spacial score (nSPS) is 12.2. The molecule has 0 aliphatic rings. The highest BCUT2D eigenvalue weighted by molar-refractivity contribution is 5.97. The maximum absolute atomic E-state index is 12.6. The molecule has 0 unspecified atom stereocenters. The van der Waals surface area contributed by atoms with E-state index in [0.717, 1.165) is 22.5 Å². The van der Waals surface area contributed by atoms with Crippen LogP contribution in [0.2, 0.25) is 0 Å². The number of hydrogen-bond acceptors (Lipinski definition) is 4. The van der Waals surface area contributed by atoms with E-state index in [2.05, 4.69) is 15.4 Å². The second-order valence-corrected chi connectivity index (χ2v) is 6.38. The minimum absolute atomic E-state index is 0.0898. The summed E-state index contributed by atoms with van der Waals surface area (Å²) in [7, 11) is 0. The number of aromatic nitrogens is 3. The summed E-state index contributed by atoms with van der Waals surface area (Å²) >= 11 is 0. The van der Waals surface area contributed by atoms with Gasteiger partial charge in [0.25, 0.3) is 5.91 Å². The van der Waals surface area contributed by atoms with E-state index in [1.807, 2.05) is 62.7 Å². The smallest absolute Gasteiger partial charge is 0.274 e. The van der Waals surface area contributed by atoms with Crippen molar-refractivity contribution in [3.05, 3.63) is 59.4 Å². The molecule has 0 aliphatic heterocycles. The predicted molar refractivity (Wildman–Crippen MR) is 95.3 cm³/mol. The van der Waals surface area contributed by atoms with Crippen molar-refractivity contribution in [2.24, 2.45) is 0 Å². The number of benzene rings is 1. The average Bonchev–Trinajstić information content (AvgIpc) is 3.15. The van der Waals surface area contributed by atoms with Crippen LogP contribution in [0.1, 0.15) is 34.4 Å². The molecule has 0 aliphatic carbocycles. The minimum Gasteiger partial charge on any atom is -0.443 e. The van der Waals surface area contributed by atoms with Crippen molar-refractivity contribution in [2.75, 3.05) is 0 Å². The first-order chi connectivity index (χ1) is 11.9. The van der Waals surface area contributed by atoms with Gasteiger partial charge in [-0.3, -0.25) is 9.48 Å². The maximum Gasteiger partial charge on any atom is 0.274 e. The average molecular weight is 338 g/mol. The molecule has 1 aromatic carbocycles. The molecule has 1 amide bonds. The number of rotatable bonds is 5. The van der Waals surface area contributed by atoms with Crippen LogP contribution in [-0.2, 0) is 6.54 Å². The van der Waals surface area contributed by atoms with Crippen LogP contribution in [0, 0.1) is 20.8 Å². The molecule has 0 saturated carbocycles. The van der Waals surface area contributed by atoms with Crippen molar-refractivity contribution in [1.29, 1.82) is 0 Å².